The topological polar surface area (TPSA) is 3.24 Å². The highest BCUT2D eigenvalue weighted by molar-refractivity contribution is 5.33. The van der Waals surface area contributed by atoms with Gasteiger partial charge in [0.25, 0.3) is 0 Å². The predicted octanol–water partition coefficient (Wildman–Crippen LogP) is 4.08. The first-order chi connectivity index (χ1) is 9.16. The monoisotopic (exact) mass is 253 g/mol. The van der Waals surface area contributed by atoms with E-state index in [1.807, 2.05) is 0 Å². The minimum absolute atomic E-state index is 0.490. The van der Waals surface area contributed by atoms with Gasteiger partial charge in [-0.2, -0.15) is 0 Å². The highest BCUT2D eigenvalue weighted by Crippen LogP contribution is 2.28. The van der Waals surface area contributed by atoms with E-state index in [1.54, 1.807) is 0 Å². The van der Waals surface area contributed by atoms with Crippen molar-refractivity contribution in [2.75, 3.05) is 20.6 Å². The molecule has 0 N–H and O–H groups in total. The normalized spacial score (nSPS) is 12.6. The molecule has 0 bridgehead atoms. The second-order valence-electron chi connectivity index (χ2n) is 5.47. The zero-order valence-corrected chi connectivity index (χ0v) is 12.1. The van der Waals surface area contributed by atoms with Crippen molar-refractivity contribution < 1.29 is 0 Å². The Kier molecular flexibility index (Phi) is 4.75. The van der Waals surface area contributed by atoms with Crippen molar-refractivity contribution in [3.63, 3.8) is 0 Å². The van der Waals surface area contributed by atoms with Crippen molar-refractivity contribution >= 4 is 0 Å². The molecule has 19 heavy (non-hydrogen) atoms. The third-order valence-corrected chi connectivity index (χ3v) is 3.55. The van der Waals surface area contributed by atoms with Gasteiger partial charge >= 0.3 is 0 Å². The molecule has 0 spiro atoms. The highest BCUT2D eigenvalue weighted by atomic mass is 15.0. The van der Waals surface area contributed by atoms with Gasteiger partial charge in [0.1, 0.15) is 0 Å². The van der Waals surface area contributed by atoms with Crippen molar-refractivity contribution in [2.24, 2.45) is 0 Å². The third kappa shape index (κ3) is 3.93. The summed E-state index contributed by atoms with van der Waals surface area (Å²) >= 11 is 0. The van der Waals surface area contributed by atoms with Crippen LogP contribution in [-0.4, -0.2) is 25.5 Å². The average Bonchev–Trinajstić information content (AvgIpc) is 2.42. The van der Waals surface area contributed by atoms with Crippen molar-refractivity contribution in [1.29, 1.82) is 0 Å². The van der Waals surface area contributed by atoms with Crippen LogP contribution in [0, 0.1) is 6.92 Å². The summed E-state index contributed by atoms with van der Waals surface area (Å²) in [4.78, 5) is 2.25. The van der Waals surface area contributed by atoms with Crippen LogP contribution in [-0.2, 0) is 0 Å². The molecule has 1 nitrogen and oxygen atoms in total. The van der Waals surface area contributed by atoms with Crippen LogP contribution >= 0.6 is 0 Å². The minimum atomic E-state index is 0.490. The second-order valence-corrected chi connectivity index (χ2v) is 5.47. The molecule has 0 aromatic heterocycles. The zero-order valence-electron chi connectivity index (χ0n) is 12.1. The number of nitrogens with zero attached hydrogens (tertiary/aromatic N) is 1. The summed E-state index contributed by atoms with van der Waals surface area (Å²) in [6.07, 6.45) is 1.15. The standard InChI is InChI=1S/C18H23N/c1-15-9-11-17(12-10-15)18(13-14-19(2)3)16-7-5-4-6-8-16/h4-12,18H,13-14H2,1-3H3. The van der Waals surface area contributed by atoms with Gasteiger partial charge in [0.05, 0.1) is 0 Å². The summed E-state index contributed by atoms with van der Waals surface area (Å²) in [7, 11) is 4.27. The molecule has 0 radical (unpaired) electrons. The molecule has 0 fully saturated rings. The molecule has 0 saturated heterocycles. The fourth-order valence-corrected chi connectivity index (χ4v) is 2.40. The molecule has 0 aliphatic carbocycles. The van der Waals surface area contributed by atoms with Crippen LogP contribution in [0.5, 0.6) is 0 Å². The molecule has 100 valence electrons. The molecule has 1 atom stereocenters. The van der Waals surface area contributed by atoms with E-state index in [4.69, 9.17) is 0 Å². The van der Waals surface area contributed by atoms with Gasteiger partial charge in [0.2, 0.25) is 0 Å². The van der Waals surface area contributed by atoms with E-state index >= 15 is 0 Å². The van der Waals surface area contributed by atoms with E-state index in [1.165, 1.54) is 16.7 Å². The quantitative estimate of drug-likeness (QED) is 0.776. The van der Waals surface area contributed by atoms with Crippen LogP contribution in [0.4, 0.5) is 0 Å². The highest BCUT2D eigenvalue weighted by Gasteiger charge is 2.13. The molecule has 2 rings (SSSR count). The molecule has 1 heteroatoms. The van der Waals surface area contributed by atoms with Gasteiger partial charge in [-0.25, -0.2) is 0 Å². The maximum atomic E-state index is 2.27. The molecule has 0 amide bonds. The second kappa shape index (κ2) is 6.53. The summed E-state index contributed by atoms with van der Waals surface area (Å²) in [6.45, 7) is 3.24. The molecular formula is C18H23N. The molecule has 2 aromatic carbocycles. The summed E-state index contributed by atoms with van der Waals surface area (Å²) in [5, 5.41) is 0. The Hall–Kier alpha value is -1.60. The lowest BCUT2D eigenvalue weighted by Gasteiger charge is -2.20. The van der Waals surface area contributed by atoms with Crippen LogP contribution < -0.4 is 0 Å². The van der Waals surface area contributed by atoms with Crippen LogP contribution in [0.15, 0.2) is 54.6 Å². The van der Waals surface area contributed by atoms with Gasteiger partial charge < -0.3 is 4.90 Å². The molecule has 2 aromatic rings. The Balaban J connectivity index is 2.26. The number of aryl methyl sites for hydroxylation is 1. The van der Waals surface area contributed by atoms with E-state index in [-0.39, 0.29) is 0 Å². The first kappa shape index (κ1) is 13.8. The van der Waals surface area contributed by atoms with E-state index in [9.17, 15) is 0 Å². The smallest absolute Gasteiger partial charge is 0.0101 e. The van der Waals surface area contributed by atoms with Gasteiger partial charge in [-0.05, 0) is 45.1 Å². The minimum Gasteiger partial charge on any atom is -0.309 e. The maximum Gasteiger partial charge on any atom is 0.0101 e. The first-order valence-corrected chi connectivity index (χ1v) is 6.93. The Bertz CT molecular complexity index is 485. The molecule has 1 unspecified atom stereocenters. The number of hydrogen-bond acceptors (Lipinski definition) is 1. The molecule has 0 saturated carbocycles. The lowest BCUT2D eigenvalue weighted by molar-refractivity contribution is 0.390. The van der Waals surface area contributed by atoms with Crippen LogP contribution in [0.25, 0.3) is 0 Å². The zero-order chi connectivity index (χ0) is 13.7. The van der Waals surface area contributed by atoms with E-state index < -0.39 is 0 Å². The Morgan fingerprint density at radius 3 is 2.00 bits per heavy atom. The van der Waals surface area contributed by atoms with Gasteiger partial charge in [-0.3, -0.25) is 0 Å². The van der Waals surface area contributed by atoms with Crippen molar-refractivity contribution in [2.45, 2.75) is 19.3 Å². The van der Waals surface area contributed by atoms with Crippen LogP contribution in [0.2, 0.25) is 0 Å². The third-order valence-electron chi connectivity index (χ3n) is 3.55. The van der Waals surface area contributed by atoms with Crippen LogP contribution in [0.1, 0.15) is 29.0 Å². The van der Waals surface area contributed by atoms with Crippen molar-refractivity contribution in [3.8, 4) is 0 Å². The predicted molar refractivity (Wildman–Crippen MR) is 82.6 cm³/mol. The van der Waals surface area contributed by atoms with E-state index in [0.717, 1.165) is 13.0 Å². The lowest BCUT2D eigenvalue weighted by atomic mass is 9.88. The molecule has 0 aliphatic rings. The number of hydrogen-bond donors (Lipinski definition) is 0. The Morgan fingerprint density at radius 2 is 1.42 bits per heavy atom. The molecular weight excluding hydrogens is 230 g/mol. The summed E-state index contributed by atoms with van der Waals surface area (Å²) < 4.78 is 0. The van der Waals surface area contributed by atoms with E-state index in [0.29, 0.717) is 5.92 Å². The van der Waals surface area contributed by atoms with Gasteiger partial charge in [-0.15, -0.1) is 0 Å². The van der Waals surface area contributed by atoms with Crippen molar-refractivity contribution in [1.82, 2.24) is 4.90 Å². The SMILES string of the molecule is Cc1ccc(C(CCN(C)C)c2ccccc2)cc1. The number of benzene rings is 2. The Labute approximate surface area is 116 Å². The van der Waals surface area contributed by atoms with E-state index in [2.05, 4.69) is 80.5 Å². The Morgan fingerprint density at radius 1 is 0.842 bits per heavy atom. The molecule has 0 heterocycles. The fourth-order valence-electron chi connectivity index (χ4n) is 2.40. The maximum absolute atomic E-state index is 2.27. The fraction of sp³-hybridized carbons (Fsp3) is 0.333. The van der Waals surface area contributed by atoms with Gasteiger partial charge in [0, 0.05) is 5.92 Å². The largest absolute Gasteiger partial charge is 0.309 e. The number of rotatable bonds is 5. The first-order valence-electron chi connectivity index (χ1n) is 6.93. The lowest BCUT2D eigenvalue weighted by Crippen LogP contribution is -2.16. The van der Waals surface area contributed by atoms with Crippen molar-refractivity contribution in [3.05, 3.63) is 71.3 Å². The summed E-state index contributed by atoms with van der Waals surface area (Å²) in [6, 6.07) is 19.8. The molecule has 0 aliphatic heterocycles. The summed E-state index contributed by atoms with van der Waals surface area (Å²) in [5.74, 6) is 0.490. The van der Waals surface area contributed by atoms with Gasteiger partial charge in [0.15, 0.2) is 0 Å². The van der Waals surface area contributed by atoms with Gasteiger partial charge in [-0.1, -0.05) is 60.2 Å². The van der Waals surface area contributed by atoms with Crippen LogP contribution in [0.3, 0.4) is 0 Å². The average molecular weight is 253 g/mol. The summed E-state index contributed by atoms with van der Waals surface area (Å²) in [5.41, 5.74) is 4.15.